The third-order valence-corrected chi connectivity index (χ3v) is 11.6. The van der Waals surface area contributed by atoms with Crippen LogP contribution in [0.15, 0.2) is 0 Å². The first-order chi connectivity index (χ1) is 24.8. The van der Waals surface area contributed by atoms with Crippen LogP contribution >= 0.6 is 0 Å². The molecule has 0 saturated carbocycles. The fourth-order valence-electron chi connectivity index (χ4n) is 9.74. The Labute approximate surface area is 350 Å². The number of carbonyl (C=O) groups excluding carboxylic acids is 5. The van der Waals surface area contributed by atoms with Crippen LogP contribution in [0, 0.1) is 37.9 Å². The van der Waals surface area contributed by atoms with Crippen molar-refractivity contribution in [1.82, 2.24) is 4.90 Å². The Bertz CT molecular complexity index is 1410. The lowest BCUT2D eigenvalue weighted by molar-refractivity contribution is -0.194. The third kappa shape index (κ3) is 18.2. The standard InChI is InChI=1S/C48H89NO8/c1-25-48(22,32-47(20,21)57-36(53)27-34(51)42(10,11)29-40(5,6)7)37(55-38(54)44(14,15)30-45(16,17)49(23)24)43(12,13)31-46(18,19)56-35(52)26-33(50)41(8,9)28-39(2,3)4/h37H,25-32H2,1-24H3. The molecule has 0 amide bonds. The molecule has 0 aromatic heterocycles. The third-order valence-electron chi connectivity index (χ3n) is 11.6. The Hall–Kier alpha value is -2.29. The van der Waals surface area contributed by atoms with Crippen LogP contribution < -0.4 is 0 Å². The van der Waals surface area contributed by atoms with Gasteiger partial charge in [0.15, 0.2) is 0 Å². The average Bonchev–Trinajstić information content (AvgIpc) is 2.90. The molecule has 9 nitrogen and oxygen atoms in total. The summed E-state index contributed by atoms with van der Waals surface area (Å²) in [5.74, 6) is -1.85. The zero-order chi connectivity index (χ0) is 45.8. The van der Waals surface area contributed by atoms with Gasteiger partial charge in [-0.15, -0.1) is 0 Å². The first kappa shape index (κ1) is 54.7. The highest BCUT2D eigenvalue weighted by Gasteiger charge is 2.52. The van der Waals surface area contributed by atoms with Crippen molar-refractivity contribution in [3.05, 3.63) is 0 Å². The van der Waals surface area contributed by atoms with Crippen molar-refractivity contribution in [1.29, 1.82) is 0 Å². The van der Waals surface area contributed by atoms with Gasteiger partial charge in [0.2, 0.25) is 0 Å². The average molecular weight is 808 g/mol. The number of esters is 3. The molecule has 2 atom stereocenters. The summed E-state index contributed by atoms with van der Waals surface area (Å²) in [6, 6.07) is 0. The monoisotopic (exact) mass is 808 g/mol. The van der Waals surface area contributed by atoms with Crippen LogP contribution in [-0.4, -0.2) is 71.3 Å². The fourth-order valence-corrected chi connectivity index (χ4v) is 9.74. The molecule has 9 heteroatoms. The topological polar surface area (TPSA) is 116 Å². The lowest BCUT2D eigenvalue weighted by Crippen LogP contribution is -2.53. The van der Waals surface area contributed by atoms with Crippen LogP contribution in [0.4, 0.5) is 0 Å². The molecule has 0 saturated heterocycles. The number of Topliss-reactive ketones (excluding diaryl/α,β-unsaturated/α-hetero) is 2. The van der Waals surface area contributed by atoms with Crippen LogP contribution in [0.1, 0.15) is 204 Å². The molecule has 0 fully saturated rings. The Kier molecular flexibility index (Phi) is 17.8. The Morgan fingerprint density at radius 1 is 0.491 bits per heavy atom. The highest BCUT2D eigenvalue weighted by Crippen LogP contribution is 2.50. The van der Waals surface area contributed by atoms with E-state index in [1.54, 1.807) is 0 Å². The van der Waals surface area contributed by atoms with Gasteiger partial charge in [-0.3, -0.25) is 24.0 Å². The highest BCUT2D eigenvalue weighted by atomic mass is 16.6. The molecule has 0 aliphatic rings. The summed E-state index contributed by atoms with van der Waals surface area (Å²) < 4.78 is 18.9. The van der Waals surface area contributed by atoms with E-state index in [0.29, 0.717) is 38.5 Å². The molecule has 334 valence electrons. The van der Waals surface area contributed by atoms with Crippen molar-refractivity contribution in [2.75, 3.05) is 14.1 Å². The van der Waals surface area contributed by atoms with E-state index in [1.165, 1.54) is 0 Å². The molecular formula is C48H89NO8. The molecule has 0 aromatic carbocycles. The van der Waals surface area contributed by atoms with Crippen LogP contribution in [0.2, 0.25) is 0 Å². The fraction of sp³-hybridized carbons (Fsp3) is 0.896. The Morgan fingerprint density at radius 3 is 1.16 bits per heavy atom. The van der Waals surface area contributed by atoms with Crippen LogP contribution in [0.3, 0.4) is 0 Å². The predicted octanol–water partition coefficient (Wildman–Crippen LogP) is 11.4. The molecule has 0 heterocycles. The van der Waals surface area contributed by atoms with Gasteiger partial charge in [-0.1, -0.05) is 96.9 Å². The molecule has 0 spiro atoms. The maximum Gasteiger partial charge on any atom is 0.313 e. The largest absolute Gasteiger partial charge is 0.461 e. The molecule has 0 rings (SSSR count). The minimum absolute atomic E-state index is 0.0885. The minimum atomic E-state index is -1.03. The van der Waals surface area contributed by atoms with Gasteiger partial charge in [0, 0.05) is 27.2 Å². The van der Waals surface area contributed by atoms with Gasteiger partial charge in [0.05, 0.1) is 5.41 Å². The van der Waals surface area contributed by atoms with Crippen molar-refractivity contribution >= 4 is 29.5 Å². The number of hydrogen-bond donors (Lipinski definition) is 0. The van der Waals surface area contributed by atoms with Crippen molar-refractivity contribution < 1.29 is 38.2 Å². The quantitative estimate of drug-likeness (QED) is 0.0598. The molecule has 0 aliphatic carbocycles. The van der Waals surface area contributed by atoms with Gasteiger partial charge in [-0.2, -0.15) is 0 Å². The molecule has 0 N–H and O–H groups in total. The number of hydrogen-bond acceptors (Lipinski definition) is 9. The second kappa shape index (κ2) is 18.5. The summed E-state index contributed by atoms with van der Waals surface area (Å²) in [6.45, 7) is 43.4. The maximum atomic E-state index is 14.4. The van der Waals surface area contributed by atoms with Gasteiger partial charge < -0.3 is 19.1 Å². The van der Waals surface area contributed by atoms with E-state index in [4.69, 9.17) is 14.2 Å². The van der Waals surface area contributed by atoms with E-state index < -0.39 is 56.3 Å². The predicted molar refractivity (Wildman–Crippen MR) is 233 cm³/mol. The van der Waals surface area contributed by atoms with Crippen molar-refractivity contribution in [2.24, 2.45) is 37.9 Å². The van der Waals surface area contributed by atoms with E-state index in [9.17, 15) is 24.0 Å². The number of nitrogens with zero attached hydrogens (tertiary/aromatic N) is 1. The molecule has 0 radical (unpaired) electrons. The van der Waals surface area contributed by atoms with Crippen LogP contribution in [0.5, 0.6) is 0 Å². The Balaban J connectivity index is 6.80. The van der Waals surface area contributed by atoms with Crippen LogP contribution in [-0.2, 0) is 38.2 Å². The first-order valence-electron chi connectivity index (χ1n) is 21.2. The van der Waals surface area contributed by atoms with Gasteiger partial charge in [-0.05, 0) is 119 Å². The molecular weight excluding hydrogens is 719 g/mol. The van der Waals surface area contributed by atoms with Gasteiger partial charge in [0.1, 0.15) is 41.7 Å². The zero-order valence-corrected chi connectivity index (χ0v) is 41.4. The lowest BCUT2D eigenvalue weighted by atomic mass is 9.62. The normalized spacial score (nSPS) is 15.8. The summed E-state index contributed by atoms with van der Waals surface area (Å²) in [7, 11) is 3.99. The second-order valence-electron chi connectivity index (χ2n) is 24.8. The maximum absolute atomic E-state index is 14.4. The number of rotatable bonds is 22. The van der Waals surface area contributed by atoms with Crippen molar-refractivity contribution in [2.45, 2.75) is 227 Å². The summed E-state index contributed by atoms with van der Waals surface area (Å²) in [4.78, 5) is 69.9. The smallest absolute Gasteiger partial charge is 0.313 e. The molecule has 0 bridgehead atoms. The van der Waals surface area contributed by atoms with E-state index >= 15 is 0 Å². The second-order valence-corrected chi connectivity index (χ2v) is 24.8. The number of carbonyl (C=O) groups is 5. The summed E-state index contributed by atoms with van der Waals surface area (Å²) in [5, 5.41) is 0. The molecule has 57 heavy (non-hydrogen) atoms. The van der Waals surface area contributed by atoms with Crippen LogP contribution in [0.25, 0.3) is 0 Å². The zero-order valence-electron chi connectivity index (χ0n) is 41.4. The number of ether oxygens (including phenoxy) is 3. The SMILES string of the molecule is CCC(C)(CC(C)(C)OC(=O)CC(=O)C(C)(C)CC(C)(C)C)C(OC(=O)C(C)(C)CC(C)(C)N(C)C)C(C)(C)CC(C)(C)OC(=O)CC(=O)C(C)(C)CC(C)(C)C. The summed E-state index contributed by atoms with van der Waals surface area (Å²) in [6.07, 6.45) is 1.61. The highest BCUT2D eigenvalue weighted by molar-refractivity contribution is 5.99. The van der Waals surface area contributed by atoms with Gasteiger partial charge in [0.25, 0.3) is 0 Å². The van der Waals surface area contributed by atoms with E-state index in [1.807, 2.05) is 111 Å². The van der Waals surface area contributed by atoms with E-state index in [2.05, 4.69) is 60.3 Å². The Morgan fingerprint density at radius 2 is 0.842 bits per heavy atom. The van der Waals surface area contributed by atoms with Gasteiger partial charge >= 0.3 is 17.9 Å². The lowest BCUT2D eigenvalue weighted by Gasteiger charge is -2.50. The van der Waals surface area contributed by atoms with Crippen molar-refractivity contribution in [3.63, 3.8) is 0 Å². The summed E-state index contributed by atoms with van der Waals surface area (Å²) >= 11 is 0. The molecule has 0 aromatic rings. The van der Waals surface area contributed by atoms with Gasteiger partial charge in [-0.25, -0.2) is 0 Å². The minimum Gasteiger partial charge on any atom is -0.461 e. The molecule has 0 aliphatic heterocycles. The first-order valence-corrected chi connectivity index (χ1v) is 21.2. The van der Waals surface area contributed by atoms with E-state index in [-0.39, 0.29) is 46.7 Å². The van der Waals surface area contributed by atoms with Crippen molar-refractivity contribution in [3.8, 4) is 0 Å². The summed E-state index contributed by atoms with van der Waals surface area (Å²) in [5.41, 5.74) is -6.29. The number of ketones is 2. The molecule has 2 unspecified atom stereocenters. The van der Waals surface area contributed by atoms with E-state index in [0.717, 1.165) is 0 Å².